The largest absolute Gasteiger partial charge is 0.442 e. The zero-order valence-electron chi connectivity index (χ0n) is 14.7. The van der Waals surface area contributed by atoms with Crippen LogP contribution in [0.1, 0.15) is 11.3 Å². The molecule has 3 aromatic heterocycles. The summed E-state index contributed by atoms with van der Waals surface area (Å²) in [5.41, 5.74) is 5.09. The molecule has 0 N–H and O–H groups in total. The summed E-state index contributed by atoms with van der Waals surface area (Å²) in [5.74, 6) is 0.669. The molecule has 0 saturated carbocycles. The lowest BCUT2D eigenvalue weighted by Crippen LogP contribution is -2.02. The Labute approximate surface area is 161 Å². The number of nitrogens with zero attached hydrogens (tertiary/aromatic N) is 3. The molecule has 0 aliphatic rings. The third-order valence-corrected chi connectivity index (χ3v) is 5.26. The fraction of sp³-hybridized carbons (Fsp3) is 0.0909. The molecule has 2 aromatic carbocycles. The molecule has 0 aliphatic carbocycles. The van der Waals surface area contributed by atoms with E-state index in [1.54, 1.807) is 6.20 Å². The second-order valence-corrected chi connectivity index (χ2v) is 6.96. The molecule has 3 heterocycles. The second-order valence-electron chi connectivity index (χ2n) is 6.55. The Morgan fingerprint density at radius 1 is 1.04 bits per heavy atom. The van der Waals surface area contributed by atoms with Crippen LogP contribution < -0.4 is 0 Å². The summed E-state index contributed by atoms with van der Waals surface area (Å²) in [6, 6.07) is 18.4. The van der Waals surface area contributed by atoms with Crippen molar-refractivity contribution in [3.8, 4) is 11.5 Å². The predicted molar refractivity (Wildman–Crippen MR) is 108 cm³/mol. The smallest absolute Gasteiger partial charge is 0.181 e. The fourth-order valence-corrected chi connectivity index (χ4v) is 3.89. The standard InChI is InChI=1S/C22H16ClN3O/c1-14-22-17(10-19(25-14)21-11-24-13-27-21)16-7-3-5-9-20(16)26(22)12-15-6-2-4-8-18(15)23/h2-11,13H,12H2,1H3. The van der Waals surface area contributed by atoms with Gasteiger partial charge in [-0.15, -0.1) is 0 Å². The number of rotatable bonds is 3. The van der Waals surface area contributed by atoms with Crippen molar-refractivity contribution >= 4 is 33.4 Å². The quantitative estimate of drug-likeness (QED) is 0.398. The average Bonchev–Trinajstić information content (AvgIpc) is 3.31. The molecule has 5 heteroatoms. The molecule has 0 fully saturated rings. The van der Waals surface area contributed by atoms with Crippen LogP contribution >= 0.6 is 11.6 Å². The Bertz CT molecular complexity index is 1270. The third-order valence-electron chi connectivity index (χ3n) is 4.89. The SMILES string of the molecule is Cc1nc(-c2cnco2)cc2c3ccccc3n(Cc3ccccc3Cl)c12. The first kappa shape index (κ1) is 16.1. The minimum absolute atomic E-state index is 0.669. The molecule has 4 nitrogen and oxygen atoms in total. The van der Waals surface area contributed by atoms with Crippen molar-refractivity contribution in [2.45, 2.75) is 13.5 Å². The lowest BCUT2D eigenvalue weighted by atomic mass is 10.1. The van der Waals surface area contributed by atoms with Gasteiger partial charge in [-0.1, -0.05) is 48.0 Å². The van der Waals surface area contributed by atoms with E-state index in [9.17, 15) is 0 Å². The number of hydrogen-bond acceptors (Lipinski definition) is 3. The van der Waals surface area contributed by atoms with Crippen LogP contribution in [-0.4, -0.2) is 14.5 Å². The fourth-order valence-electron chi connectivity index (χ4n) is 3.70. The number of aryl methyl sites for hydroxylation is 1. The predicted octanol–water partition coefficient (Wildman–Crippen LogP) is 5.85. The first-order chi connectivity index (χ1) is 13.2. The van der Waals surface area contributed by atoms with E-state index >= 15 is 0 Å². The summed E-state index contributed by atoms with van der Waals surface area (Å²) >= 11 is 6.43. The summed E-state index contributed by atoms with van der Waals surface area (Å²) in [4.78, 5) is 8.79. The van der Waals surface area contributed by atoms with Crippen molar-refractivity contribution in [2.24, 2.45) is 0 Å². The summed E-state index contributed by atoms with van der Waals surface area (Å²) in [6.45, 7) is 2.72. The van der Waals surface area contributed by atoms with Gasteiger partial charge in [0, 0.05) is 27.9 Å². The van der Waals surface area contributed by atoms with E-state index < -0.39 is 0 Å². The number of halogens is 1. The van der Waals surface area contributed by atoms with E-state index in [2.05, 4.69) is 45.9 Å². The van der Waals surface area contributed by atoms with Gasteiger partial charge in [0.1, 0.15) is 5.69 Å². The molecule has 0 bridgehead atoms. The van der Waals surface area contributed by atoms with Crippen LogP contribution in [0.25, 0.3) is 33.3 Å². The molecule has 0 radical (unpaired) electrons. The number of hydrogen-bond donors (Lipinski definition) is 0. The van der Waals surface area contributed by atoms with Crippen LogP contribution in [0, 0.1) is 6.92 Å². The number of aromatic nitrogens is 3. The molecule has 5 aromatic rings. The first-order valence-electron chi connectivity index (χ1n) is 8.73. The molecule has 0 atom stereocenters. The topological polar surface area (TPSA) is 43.9 Å². The third kappa shape index (κ3) is 2.61. The highest BCUT2D eigenvalue weighted by Gasteiger charge is 2.17. The summed E-state index contributed by atoms with van der Waals surface area (Å²) in [5, 5.41) is 3.11. The molecule has 0 spiro atoms. The van der Waals surface area contributed by atoms with Gasteiger partial charge >= 0.3 is 0 Å². The monoisotopic (exact) mass is 373 g/mol. The highest BCUT2D eigenvalue weighted by molar-refractivity contribution is 6.31. The van der Waals surface area contributed by atoms with Gasteiger partial charge in [0.25, 0.3) is 0 Å². The second kappa shape index (κ2) is 6.25. The number of oxazole rings is 1. The van der Waals surface area contributed by atoms with Crippen LogP contribution in [0.4, 0.5) is 0 Å². The molecule has 0 saturated heterocycles. The average molecular weight is 374 g/mol. The number of para-hydroxylation sites is 1. The highest BCUT2D eigenvalue weighted by Crippen LogP contribution is 2.34. The van der Waals surface area contributed by atoms with Crippen molar-refractivity contribution < 1.29 is 4.42 Å². The van der Waals surface area contributed by atoms with Gasteiger partial charge in [0.15, 0.2) is 12.2 Å². The van der Waals surface area contributed by atoms with E-state index in [1.165, 1.54) is 11.8 Å². The Morgan fingerprint density at radius 2 is 1.85 bits per heavy atom. The van der Waals surface area contributed by atoms with E-state index in [4.69, 9.17) is 21.0 Å². The Morgan fingerprint density at radius 3 is 2.67 bits per heavy atom. The van der Waals surface area contributed by atoms with Gasteiger partial charge < -0.3 is 8.98 Å². The number of fused-ring (bicyclic) bond motifs is 3. The van der Waals surface area contributed by atoms with Gasteiger partial charge in [-0.25, -0.2) is 9.97 Å². The zero-order valence-corrected chi connectivity index (χ0v) is 15.4. The highest BCUT2D eigenvalue weighted by atomic mass is 35.5. The Balaban J connectivity index is 1.81. The molecule has 0 aliphatic heterocycles. The maximum atomic E-state index is 6.43. The molecular formula is C22H16ClN3O. The van der Waals surface area contributed by atoms with Crippen LogP contribution in [0.15, 0.2) is 71.6 Å². The van der Waals surface area contributed by atoms with Crippen molar-refractivity contribution in [3.63, 3.8) is 0 Å². The summed E-state index contributed by atoms with van der Waals surface area (Å²) in [6.07, 6.45) is 3.12. The number of pyridine rings is 1. The van der Waals surface area contributed by atoms with E-state index in [1.807, 2.05) is 25.1 Å². The Kier molecular flexibility index (Phi) is 3.73. The minimum atomic E-state index is 0.669. The van der Waals surface area contributed by atoms with Gasteiger partial charge in [-0.2, -0.15) is 0 Å². The molecule has 132 valence electrons. The van der Waals surface area contributed by atoms with Crippen molar-refractivity contribution in [2.75, 3.05) is 0 Å². The molecular weight excluding hydrogens is 358 g/mol. The summed E-state index contributed by atoms with van der Waals surface area (Å²) in [7, 11) is 0. The van der Waals surface area contributed by atoms with Gasteiger partial charge in [-0.05, 0) is 30.7 Å². The van der Waals surface area contributed by atoms with Gasteiger partial charge in [0.05, 0.1) is 17.4 Å². The zero-order chi connectivity index (χ0) is 18.4. The van der Waals surface area contributed by atoms with Gasteiger partial charge in [0.2, 0.25) is 0 Å². The van der Waals surface area contributed by atoms with E-state index in [0.717, 1.165) is 38.4 Å². The van der Waals surface area contributed by atoms with Crippen molar-refractivity contribution in [1.82, 2.24) is 14.5 Å². The van der Waals surface area contributed by atoms with Crippen LogP contribution in [-0.2, 0) is 6.54 Å². The van der Waals surface area contributed by atoms with Crippen molar-refractivity contribution in [3.05, 3.63) is 83.5 Å². The normalized spacial score (nSPS) is 11.5. The Hall–Kier alpha value is -3.11. The maximum Gasteiger partial charge on any atom is 0.181 e. The minimum Gasteiger partial charge on any atom is -0.442 e. The molecule has 27 heavy (non-hydrogen) atoms. The summed E-state index contributed by atoms with van der Waals surface area (Å²) < 4.78 is 7.75. The molecule has 0 unspecified atom stereocenters. The van der Waals surface area contributed by atoms with Crippen molar-refractivity contribution in [1.29, 1.82) is 0 Å². The van der Waals surface area contributed by atoms with E-state index in [0.29, 0.717) is 12.3 Å². The lowest BCUT2D eigenvalue weighted by Gasteiger charge is -2.11. The maximum absolute atomic E-state index is 6.43. The van der Waals surface area contributed by atoms with E-state index in [-0.39, 0.29) is 0 Å². The molecule has 0 amide bonds. The van der Waals surface area contributed by atoms with Crippen LogP contribution in [0.5, 0.6) is 0 Å². The van der Waals surface area contributed by atoms with Gasteiger partial charge in [-0.3, -0.25) is 0 Å². The lowest BCUT2D eigenvalue weighted by molar-refractivity contribution is 0.570. The number of benzene rings is 2. The molecule has 5 rings (SSSR count). The first-order valence-corrected chi connectivity index (χ1v) is 9.11. The van der Waals surface area contributed by atoms with Crippen LogP contribution in [0.3, 0.4) is 0 Å². The van der Waals surface area contributed by atoms with Crippen LogP contribution in [0.2, 0.25) is 5.02 Å².